The normalized spacial score (nSPS) is 17.2. The molecule has 2 aromatic rings. The molecule has 0 amide bonds. The summed E-state index contributed by atoms with van der Waals surface area (Å²) in [5.41, 5.74) is 1.62. The van der Waals surface area contributed by atoms with Crippen LogP contribution in [-0.2, 0) is 26.2 Å². The van der Waals surface area contributed by atoms with E-state index in [2.05, 4.69) is 61.5 Å². The van der Waals surface area contributed by atoms with E-state index in [0.29, 0.717) is 7.92 Å². The molecule has 2 aromatic carbocycles. The molecule has 1 fully saturated rings. The van der Waals surface area contributed by atoms with Gasteiger partial charge < -0.3 is 24.8 Å². The van der Waals surface area contributed by atoms with Gasteiger partial charge in [0.2, 0.25) is 0 Å². The summed E-state index contributed by atoms with van der Waals surface area (Å²) >= 11 is 0. The van der Waals surface area contributed by atoms with Crippen molar-refractivity contribution in [2.45, 2.75) is 19.8 Å². The molecule has 0 aromatic heterocycles. The van der Waals surface area contributed by atoms with Crippen LogP contribution in [0.15, 0.2) is 59.4 Å². The number of benzene rings is 1. The van der Waals surface area contributed by atoms with Gasteiger partial charge in [-0.2, -0.15) is 34.5 Å². The van der Waals surface area contributed by atoms with E-state index in [1.807, 2.05) is 0 Å². The van der Waals surface area contributed by atoms with E-state index in [1.54, 1.807) is 10.9 Å². The second kappa shape index (κ2) is 10.9. The average Bonchev–Trinajstić information content (AvgIpc) is 3.03. The van der Waals surface area contributed by atoms with Gasteiger partial charge in [-0.15, -0.1) is 44.0 Å². The molecule has 0 bridgehead atoms. The van der Waals surface area contributed by atoms with Crippen LogP contribution in [0.3, 0.4) is 0 Å². The third-order valence-corrected chi connectivity index (χ3v) is 6.43. The molecule has 1 atom stereocenters. The van der Waals surface area contributed by atoms with Gasteiger partial charge in [0.25, 0.3) is 0 Å². The molecule has 4 rings (SSSR count). The number of hydrogen-bond acceptors (Lipinski definition) is 0. The van der Waals surface area contributed by atoms with E-state index in [-0.39, 0.29) is 51.0 Å². The zero-order chi connectivity index (χ0) is 13.1. The molecule has 114 valence electrons. The van der Waals surface area contributed by atoms with Gasteiger partial charge >= 0.3 is 26.2 Å². The van der Waals surface area contributed by atoms with Crippen molar-refractivity contribution in [1.82, 2.24) is 0 Å². The molecular weight excluding hydrogens is 409 g/mol. The van der Waals surface area contributed by atoms with Crippen molar-refractivity contribution in [3.63, 3.8) is 0 Å². The molecule has 4 heteroatoms. The molecule has 2 aliphatic rings. The maximum Gasteiger partial charge on any atom is 4.00 e. The summed E-state index contributed by atoms with van der Waals surface area (Å²) in [6.07, 6.45) is 11.1. The van der Waals surface area contributed by atoms with Crippen LogP contribution < -0.4 is 24.8 Å². The van der Waals surface area contributed by atoms with Gasteiger partial charge in [0.1, 0.15) is 0 Å². The van der Waals surface area contributed by atoms with Crippen LogP contribution in [-0.4, -0.2) is 12.3 Å². The fourth-order valence-electron chi connectivity index (χ4n) is 2.66. The van der Waals surface area contributed by atoms with Gasteiger partial charge in [-0.1, -0.05) is 25.6 Å². The SMILES string of the molecule is CCCP1CC2=CC[C-]=C21.[Cl-].[Cl-].[Zr+4].c1ccc2[cH-]ccc2c1. The van der Waals surface area contributed by atoms with Crippen LogP contribution >= 0.6 is 7.92 Å². The summed E-state index contributed by atoms with van der Waals surface area (Å²) in [7, 11) is 0.299. The molecule has 1 heterocycles. The summed E-state index contributed by atoms with van der Waals surface area (Å²) in [5, 5.41) is 4.28. The predicted molar refractivity (Wildman–Crippen MR) is 85.9 cm³/mol. The van der Waals surface area contributed by atoms with Crippen molar-refractivity contribution in [2.75, 3.05) is 12.3 Å². The number of fused-ring (bicyclic) bond motifs is 2. The van der Waals surface area contributed by atoms with E-state index in [0.717, 1.165) is 6.42 Å². The molecule has 0 nitrogen and oxygen atoms in total. The summed E-state index contributed by atoms with van der Waals surface area (Å²) in [6.45, 7) is 2.28. The average molecular weight is 428 g/mol. The number of allylic oxidation sites excluding steroid dienone is 4. The first kappa shape index (κ1) is 22.2. The van der Waals surface area contributed by atoms with Gasteiger partial charge in [0.15, 0.2) is 0 Å². The smallest absolute Gasteiger partial charge is 1.00 e. The van der Waals surface area contributed by atoms with Crippen LogP contribution in [0.5, 0.6) is 0 Å². The van der Waals surface area contributed by atoms with Gasteiger partial charge in [0, 0.05) is 0 Å². The Bertz CT molecular complexity index is 601. The fraction of sp³-hybridized carbons (Fsp3) is 0.278. The topological polar surface area (TPSA) is 0 Å². The minimum Gasteiger partial charge on any atom is -1.00 e. The van der Waals surface area contributed by atoms with Gasteiger partial charge in [-0.25, -0.2) is 0 Å². The number of rotatable bonds is 2. The minimum absolute atomic E-state index is 0. The van der Waals surface area contributed by atoms with Crippen LogP contribution in [0.1, 0.15) is 19.8 Å². The van der Waals surface area contributed by atoms with Gasteiger partial charge in [-0.05, 0) is 6.16 Å². The Labute approximate surface area is 166 Å². The van der Waals surface area contributed by atoms with Crippen molar-refractivity contribution in [1.29, 1.82) is 0 Å². The second-order valence-corrected chi connectivity index (χ2v) is 7.33. The summed E-state index contributed by atoms with van der Waals surface area (Å²) < 4.78 is 0. The van der Waals surface area contributed by atoms with Gasteiger partial charge in [-0.3, -0.25) is 6.08 Å². The van der Waals surface area contributed by atoms with E-state index in [4.69, 9.17) is 0 Å². The Balaban J connectivity index is 0.000000354. The van der Waals surface area contributed by atoms with E-state index >= 15 is 0 Å². The molecule has 0 saturated carbocycles. The third kappa shape index (κ3) is 5.10. The molecule has 1 unspecified atom stereocenters. The Morgan fingerprint density at radius 3 is 2.64 bits per heavy atom. The van der Waals surface area contributed by atoms with Crippen molar-refractivity contribution < 1.29 is 51.0 Å². The van der Waals surface area contributed by atoms with E-state index in [9.17, 15) is 0 Å². The first-order valence-corrected chi connectivity index (χ1v) is 8.75. The van der Waals surface area contributed by atoms with Gasteiger partial charge in [0.05, 0.1) is 0 Å². The molecular formula is C18H19Cl2PZr. The summed E-state index contributed by atoms with van der Waals surface area (Å²) in [5.74, 6) is 0. The Kier molecular flexibility index (Phi) is 11.0. The van der Waals surface area contributed by atoms with Crippen LogP contribution in [0.4, 0.5) is 0 Å². The maximum atomic E-state index is 3.44. The first-order chi connectivity index (χ1) is 9.38. The standard InChI is InChI=1S/C9H12P.C9H7.2ClH.Zr/c1-2-6-10-7-8-4-3-5-9(8)10;1-2-5-9-7-3-6-8(9)4-1;;;/h4H,2-3,6-7H2,1H3;1-7H;2*1H;/q2*-1;;;+4/p-2. The Morgan fingerprint density at radius 1 is 1.18 bits per heavy atom. The minimum atomic E-state index is 0. The molecule has 1 aliphatic heterocycles. The second-order valence-electron chi connectivity index (χ2n) is 5.04. The Morgan fingerprint density at radius 2 is 1.95 bits per heavy atom. The van der Waals surface area contributed by atoms with Crippen LogP contribution in [0, 0.1) is 6.08 Å². The van der Waals surface area contributed by atoms with Crippen molar-refractivity contribution >= 4 is 18.7 Å². The monoisotopic (exact) mass is 426 g/mol. The molecule has 1 aliphatic carbocycles. The maximum absolute atomic E-state index is 3.44. The van der Waals surface area contributed by atoms with Crippen LogP contribution in [0.2, 0.25) is 0 Å². The zero-order valence-electron chi connectivity index (χ0n) is 12.7. The van der Waals surface area contributed by atoms with E-state index in [1.165, 1.54) is 29.5 Å². The molecule has 1 saturated heterocycles. The largest absolute Gasteiger partial charge is 4.00 e. The molecule has 22 heavy (non-hydrogen) atoms. The first-order valence-electron chi connectivity index (χ1n) is 7.04. The molecule has 0 spiro atoms. The number of hydrogen-bond donors (Lipinski definition) is 0. The molecule has 0 radical (unpaired) electrons. The quantitative estimate of drug-likeness (QED) is 0.446. The van der Waals surface area contributed by atoms with Crippen molar-refractivity contribution in [2.24, 2.45) is 0 Å². The predicted octanol–water partition coefficient (Wildman–Crippen LogP) is -0.527. The zero-order valence-corrected chi connectivity index (χ0v) is 17.5. The Hall–Kier alpha value is 0.203. The van der Waals surface area contributed by atoms with E-state index < -0.39 is 0 Å². The molecule has 0 N–H and O–H groups in total. The third-order valence-electron chi connectivity index (χ3n) is 3.64. The van der Waals surface area contributed by atoms with Crippen molar-refractivity contribution in [3.8, 4) is 0 Å². The summed E-state index contributed by atoms with van der Waals surface area (Å²) in [4.78, 5) is 0. The fourth-order valence-corrected chi connectivity index (χ4v) is 5.06. The van der Waals surface area contributed by atoms with Crippen LogP contribution in [0.25, 0.3) is 10.8 Å². The summed E-state index contributed by atoms with van der Waals surface area (Å²) in [6, 6.07) is 14.7. The number of halogens is 2. The van der Waals surface area contributed by atoms with Crippen molar-refractivity contribution in [3.05, 3.63) is 65.5 Å².